The van der Waals surface area contributed by atoms with Crippen LogP contribution in [0.2, 0.25) is 0 Å². The molecule has 1 N–H and O–H groups in total. The summed E-state index contributed by atoms with van der Waals surface area (Å²) >= 11 is 0. The third-order valence-corrected chi connectivity index (χ3v) is 5.05. The van der Waals surface area contributed by atoms with E-state index in [1.165, 1.54) is 24.1 Å². The molecule has 0 saturated carbocycles. The molecule has 2 aliphatic rings. The molecular formula is C18H18N4O. The van der Waals surface area contributed by atoms with Gasteiger partial charge >= 0.3 is 0 Å². The van der Waals surface area contributed by atoms with Crippen molar-refractivity contribution in [3.8, 4) is 17.0 Å². The van der Waals surface area contributed by atoms with Crippen LogP contribution in [-0.2, 0) is 6.42 Å². The van der Waals surface area contributed by atoms with Gasteiger partial charge in [-0.05, 0) is 25.0 Å². The maximum absolute atomic E-state index is 5.47. The molecule has 0 radical (unpaired) electrons. The summed E-state index contributed by atoms with van der Waals surface area (Å²) in [4.78, 5) is 4.63. The van der Waals surface area contributed by atoms with Gasteiger partial charge in [-0.3, -0.25) is 0 Å². The van der Waals surface area contributed by atoms with Crippen molar-refractivity contribution < 1.29 is 4.74 Å². The molecule has 1 fully saturated rings. The van der Waals surface area contributed by atoms with Crippen molar-refractivity contribution in [3.05, 3.63) is 47.8 Å². The van der Waals surface area contributed by atoms with Crippen LogP contribution < -0.4 is 10.1 Å². The van der Waals surface area contributed by atoms with E-state index < -0.39 is 0 Å². The second kappa shape index (κ2) is 4.80. The smallest absolute Gasteiger partial charge is 0.155 e. The fraction of sp³-hybridized carbons (Fsp3) is 0.333. The molecule has 1 saturated heterocycles. The molecule has 2 bridgehead atoms. The van der Waals surface area contributed by atoms with E-state index in [-0.39, 0.29) is 0 Å². The van der Waals surface area contributed by atoms with E-state index in [9.17, 15) is 0 Å². The highest BCUT2D eigenvalue weighted by Crippen LogP contribution is 2.36. The summed E-state index contributed by atoms with van der Waals surface area (Å²) in [6, 6.07) is 11.1. The second-order valence-electron chi connectivity index (χ2n) is 6.36. The van der Waals surface area contributed by atoms with Gasteiger partial charge in [0, 0.05) is 41.9 Å². The highest BCUT2D eigenvalue weighted by atomic mass is 16.5. The van der Waals surface area contributed by atoms with Crippen molar-refractivity contribution in [1.29, 1.82) is 0 Å². The second-order valence-corrected chi connectivity index (χ2v) is 6.36. The van der Waals surface area contributed by atoms with E-state index in [1.54, 1.807) is 7.11 Å². The zero-order valence-electron chi connectivity index (χ0n) is 13.0. The van der Waals surface area contributed by atoms with Crippen molar-refractivity contribution >= 4 is 5.65 Å². The molecule has 2 aliphatic heterocycles. The Balaban J connectivity index is 1.70. The number of methoxy groups -OCH3 is 1. The van der Waals surface area contributed by atoms with Gasteiger partial charge in [-0.15, -0.1) is 0 Å². The maximum Gasteiger partial charge on any atom is 0.155 e. The predicted octanol–water partition coefficient (Wildman–Crippen LogP) is 2.75. The van der Waals surface area contributed by atoms with Gasteiger partial charge in [-0.1, -0.05) is 12.1 Å². The summed E-state index contributed by atoms with van der Waals surface area (Å²) in [6.07, 6.45) is 5.49. The lowest BCUT2D eigenvalue weighted by Crippen LogP contribution is -2.33. The molecule has 0 aliphatic carbocycles. The minimum absolute atomic E-state index is 0.444. The number of para-hydroxylation sites is 1. The first-order chi connectivity index (χ1) is 11.3. The number of ether oxygens (including phenoxy) is 1. The Morgan fingerprint density at radius 3 is 3.09 bits per heavy atom. The zero-order chi connectivity index (χ0) is 15.4. The quantitative estimate of drug-likeness (QED) is 0.791. The average molecular weight is 306 g/mol. The topological polar surface area (TPSA) is 51.5 Å². The molecule has 23 heavy (non-hydrogen) atoms. The number of nitrogens with one attached hydrogen (secondary N) is 1. The van der Waals surface area contributed by atoms with Crippen molar-refractivity contribution in [2.75, 3.05) is 7.11 Å². The number of nitrogens with zero attached hydrogens (tertiary/aromatic N) is 3. The van der Waals surface area contributed by atoms with Crippen LogP contribution in [0.4, 0.5) is 0 Å². The molecule has 5 nitrogen and oxygen atoms in total. The molecule has 1 aromatic carbocycles. The monoisotopic (exact) mass is 306 g/mol. The largest absolute Gasteiger partial charge is 0.496 e. The molecule has 116 valence electrons. The van der Waals surface area contributed by atoms with Crippen LogP contribution in [0, 0.1) is 0 Å². The van der Waals surface area contributed by atoms with E-state index >= 15 is 0 Å². The van der Waals surface area contributed by atoms with E-state index in [0.717, 1.165) is 29.1 Å². The molecule has 0 amide bonds. The molecule has 3 aromatic rings. The standard InChI is InChI=1S/C18H18N4O/c1-23-17-5-3-2-4-12(17)15-9-18-19-10-13-14-7-6-11(20-14)8-16(13)22(18)21-15/h2-5,9-11,14,20H,6-8H2,1H3/t11-,14+/m1/s1. The molecule has 2 aromatic heterocycles. The highest BCUT2D eigenvalue weighted by Gasteiger charge is 2.34. The summed E-state index contributed by atoms with van der Waals surface area (Å²) in [5.41, 5.74) is 5.44. The fourth-order valence-electron chi connectivity index (χ4n) is 3.94. The first kappa shape index (κ1) is 13.1. The van der Waals surface area contributed by atoms with Gasteiger partial charge in [0.1, 0.15) is 5.75 Å². The van der Waals surface area contributed by atoms with Crippen LogP contribution in [0.5, 0.6) is 5.75 Å². The molecule has 2 atom stereocenters. The molecule has 0 spiro atoms. The minimum atomic E-state index is 0.444. The molecular weight excluding hydrogens is 288 g/mol. The molecule has 4 heterocycles. The Bertz CT molecular complexity index is 901. The van der Waals surface area contributed by atoms with Crippen molar-refractivity contribution in [2.24, 2.45) is 0 Å². The summed E-state index contributed by atoms with van der Waals surface area (Å²) in [5.74, 6) is 0.839. The number of hydrogen-bond acceptors (Lipinski definition) is 4. The first-order valence-corrected chi connectivity index (χ1v) is 8.10. The molecule has 0 unspecified atom stereocenters. The van der Waals surface area contributed by atoms with E-state index in [0.29, 0.717) is 12.1 Å². The number of benzene rings is 1. The van der Waals surface area contributed by atoms with Crippen molar-refractivity contribution in [1.82, 2.24) is 19.9 Å². The van der Waals surface area contributed by atoms with Crippen LogP contribution in [0.3, 0.4) is 0 Å². The number of fused-ring (bicyclic) bond motifs is 6. The average Bonchev–Trinajstić information content (AvgIpc) is 3.19. The Kier molecular flexibility index (Phi) is 2.73. The molecule has 5 rings (SSSR count). The summed E-state index contributed by atoms with van der Waals surface area (Å²) in [6.45, 7) is 0. The van der Waals surface area contributed by atoms with Gasteiger partial charge in [0.05, 0.1) is 18.5 Å². The Morgan fingerprint density at radius 1 is 1.26 bits per heavy atom. The maximum atomic E-state index is 5.47. The predicted molar refractivity (Wildman–Crippen MR) is 87.6 cm³/mol. The van der Waals surface area contributed by atoms with E-state index in [2.05, 4.69) is 10.3 Å². The number of hydrogen-bond donors (Lipinski definition) is 1. The summed E-state index contributed by atoms with van der Waals surface area (Å²) < 4.78 is 7.50. The fourth-order valence-corrected chi connectivity index (χ4v) is 3.94. The van der Waals surface area contributed by atoms with Gasteiger partial charge in [-0.2, -0.15) is 5.10 Å². The van der Waals surface area contributed by atoms with Gasteiger partial charge < -0.3 is 10.1 Å². The minimum Gasteiger partial charge on any atom is -0.496 e. The van der Waals surface area contributed by atoms with Gasteiger partial charge in [-0.25, -0.2) is 9.50 Å². The van der Waals surface area contributed by atoms with Crippen LogP contribution in [0.1, 0.15) is 30.1 Å². The van der Waals surface area contributed by atoms with Crippen LogP contribution in [0.25, 0.3) is 16.9 Å². The lowest BCUT2D eigenvalue weighted by atomic mass is 10.0. The van der Waals surface area contributed by atoms with Crippen LogP contribution >= 0.6 is 0 Å². The lowest BCUT2D eigenvalue weighted by Gasteiger charge is -2.24. The first-order valence-electron chi connectivity index (χ1n) is 8.10. The lowest BCUT2D eigenvalue weighted by molar-refractivity contribution is 0.416. The van der Waals surface area contributed by atoms with Gasteiger partial charge in [0.2, 0.25) is 0 Å². The zero-order valence-corrected chi connectivity index (χ0v) is 13.0. The normalized spacial score (nSPS) is 22.3. The van der Waals surface area contributed by atoms with Crippen molar-refractivity contribution in [2.45, 2.75) is 31.3 Å². The van der Waals surface area contributed by atoms with Crippen LogP contribution in [0.15, 0.2) is 36.5 Å². The highest BCUT2D eigenvalue weighted by molar-refractivity contribution is 5.70. The Labute approximate surface area is 134 Å². The third-order valence-electron chi connectivity index (χ3n) is 5.05. The third kappa shape index (κ3) is 1.90. The number of aromatic nitrogens is 3. The SMILES string of the molecule is COc1ccccc1-c1cc2ncc3c(n2n1)C[C@H]1CC[C@@H]3N1. The van der Waals surface area contributed by atoms with E-state index in [1.807, 2.05) is 41.0 Å². The number of rotatable bonds is 2. The summed E-state index contributed by atoms with van der Waals surface area (Å²) in [5, 5.41) is 8.51. The molecule has 5 heteroatoms. The Morgan fingerprint density at radius 2 is 2.17 bits per heavy atom. The summed E-state index contributed by atoms with van der Waals surface area (Å²) in [7, 11) is 1.69. The van der Waals surface area contributed by atoms with Crippen molar-refractivity contribution in [3.63, 3.8) is 0 Å². The Hall–Kier alpha value is -2.40. The van der Waals surface area contributed by atoms with Crippen LogP contribution in [-0.4, -0.2) is 27.7 Å². The van der Waals surface area contributed by atoms with E-state index in [4.69, 9.17) is 9.84 Å². The van der Waals surface area contributed by atoms with Gasteiger partial charge in [0.15, 0.2) is 5.65 Å². The van der Waals surface area contributed by atoms with Gasteiger partial charge in [0.25, 0.3) is 0 Å².